The first-order valence-corrected chi connectivity index (χ1v) is 15.6. The Kier molecular flexibility index (Phi) is 12.0. The Bertz CT molecular complexity index is 1440. The molecule has 0 bridgehead atoms. The zero-order valence-electron chi connectivity index (χ0n) is 25.2. The summed E-state index contributed by atoms with van der Waals surface area (Å²) in [6.45, 7) is 6.89. The number of aliphatic hydroxyl groups excluding tert-OH is 1. The molecule has 0 atom stereocenters. The molecular formula is C32H40F4N4O3S. The minimum Gasteiger partial charge on any atom is -0.489 e. The molecule has 4 N–H and O–H groups in total. The largest absolute Gasteiger partial charge is 0.489 e. The number of fused-ring (bicyclic) bond motifs is 1. The van der Waals surface area contributed by atoms with E-state index in [4.69, 9.17) is 14.6 Å². The molecule has 0 saturated carbocycles. The third-order valence-electron chi connectivity index (χ3n) is 7.43. The molecule has 12 heteroatoms. The van der Waals surface area contributed by atoms with E-state index >= 15 is 0 Å². The summed E-state index contributed by atoms with van der Waals surface area (Å²) in [5, 5.41) is 19.0. The van der Waals surface area contributed by atoms with Crippen LogP contribution in [0.3, 0.4) is 0 Å². The summed E-state index contributed by atoms with van der Waals surface area (Å²) in [4.78, 5) is 2.79. The van der Waals surface area contributed by atoms with E-state index in [0.29, 0.717) is 34.3 Å². The van der Waals surface area contributed by atoms with Crippen molar-refractivity contribution in [3.8, 4) is 17.6 Å². The van der Waals surface area contributed by atoms with Crippen LogP contribution in [0, 0.1) is 17.7 Å². The summed E-state index contributed by atoms with van der Waals surface area (Å²) in [6.07, 6.45) is -3.55. The van der Waals surface area contributed by atoms with Crippen molar-refractivity contribution in [2.45, 2.75) is 51.4 Å². The number of aliphatic hydroxyl groups is 1. The fraction of sp³-hybridized carbons (Fsp3) is 0.500. The highest BCUT2D eigenvalue weighted by Gasteiger charge is 2.31. The zero-order chi connectivity index (χ0) is 31.7. The zero-order valence-corrected chi connectivity index (χ0v) is 26.1. The Morgan fingerprint density at radius 3 is 2.55 bits per heavy atom. The van der Waals surface area contributed by atoms with E-state index < -0.39 is 18.4 Å². The lowest BCUT2D eigenvalue weighted by molar-refractivity contribution is -0.126. The van der Waals surface area contributed by atoms with E-state index in [9.17, 15) is 17.6 Å². The van der Waals surface area contributed by atoms with Gasteiger partial charge in [0.25, 0.3) is 0 Å². The van der Waals surface area contributed by atoms with Gasteiger partial charge in [0.1, 0.15) is 18.2 Å². The molecule has 1 aliphatic rings. The van der Waals surface area contributed by atoms with Crippen LogP contribution in [0.2, 0.25) is 0 Å². The lowest BCUT2D eigenvalue weighted by Gasteiger charge is -2.35. The maximum Gasteiger partial charge on any atom is 0.393 e. The molecule has 2 heterocycles. The second-order valence-corrected chi connectivity index (χ2v) is 11.9. The average molecular weight is 637 g/mol. The number of halogens is 4. The Morgan fingerprint density at radius 2 is 1.86 bits per heavy atom. The van der Waals surface area contributed by atoms with Gasteiger partial charge < -0.3 is 35.4 Å². The predicted molar refractivity (Wildman–Crippen MR) is 170 cm³/mol. The number of alkyl halides is 3. The number of likely N-dealkylation sites (tertiary alicyclic amines) is 1. The Labute approximate surface area is 259 Å². The molecule has 0 unspecified atom stereocenters. The molecule has 7 nitrogen and oxygen atoms in total. The Hall–Kier alpha value is -3.24. The van der Waals surface area contributed by atoms with Crippen LogP contribution in [0.1, 0.15) is 37.1 Å². The van der Waals surface area contributed by atoms with Gasteiger partial charge in [0, 0.05) is 51.0 Å². The van der Waals surface area contributed by atoms with Gasteiger partial charge in [-0.1, -0.05) is 24.0 Å². The van der Waals surface area contributed by atoms with Crippen LogP contribution in [0.5, 0.6) is 5.75 Å². The van der Waals surface area contributed by atoms with Crippen molar-refractivity contribution in [2.75, 3.05) is 69.1 Å². The molecular weight excluding hydrogens is 596 g/mol. The van der Waals surface area contributed by atoms with Crippen molar-refractivity contribution in [3.63, 3.8) is 0 Å². The van der Waals surface area contributed by atoms with Gasteiger partial charge in [-0.15, -0.1) is 11.3 Å². The number of ether oxygens (including phenoxy) is 2. The highest BCUT2D eigenvalue weighted by atomic mass is 32.1. The van der Waals surface area contributed by atoms with E-state index in [2.05, 4.69) is 46.5 Å². The fourth-order valence-electron chi connectivity index (χ4n) is 5.18. The highest BCUT2D eigenvalue weighted by Crippen LogP contribution is 2.39. The Morgan fingerprint density at radius 1 is 1.09 bits per heavy atom. The lowest BCUT2D eigenvalue weighted by atomic mass is 10.0. The van der Waals surface area contributed by atoms with E-state index in [1.54, 1.807) is 12.1 Å². The van der Waals surface area contributed by atoms with Crippen molar-refractivity contribution in [2.24, 2.45) is 0 Å². The second kappa shape index (κ2) is 15.7. The maximum atomic E-state index is 14.7. The number of piperidine rings is 1. The summed E-state index contributed by atoms with van der Waals surface area (Å²) in [5.41, 5.74) is 1.50. The minimum atomic E-state index is -4.40. The summed E-state index contributed by atoms with van der Waals surface area (Å²) in [6, 6.07) is 8.89. The van der Waals surface area contributed by atoms with Gasteiger partial charge in [0.05, 0.1) is 52.8 Å². The summed E-state index contributed by atoms with van der Waals surface area (Å²) >= 11 is 1.26. The molecule has 3 aromatic rings. The van der Waals surface area contributed by atoms with E-state index in [-0.39, 0.29) is 43.6 Å². The topological polar surface area (TPSA) is 78.0 Å². The van der Waals surface area contributed by atoms with Gasteiger partial charge >= 0.3 is 6.18 Å². The van der Waals surface area contributed by atoms with E-state index in [1.165, 1.54) is 30.6 Å². The molecule has 1 saturated heterocycles. The second-order valence-electron chi connectivity index (χ2n) is 10.9. The normalized spacial score (nSPS) is 14.5. The number of thiophene rings is 1. The first-order valence-electron chi connectivity index (χ1n) is 14.7. The molecule has 0 spiro atoms. The molecule has 240 valence electrons. The molecule has 0 aliphatic carbocycles. The maximum absolute atomic E-state index is 14.7. The smallest absolute Gasteiger partial charge is 0.393 e. The van der Waals surface area contributed by atoms with Gasteiger partial charge in [-0.3, -0.25) is 0 Å². The number of hydrogen-bond donors (Lipinski definition) is 4. The number of nitrogens with zero attached hydrogens (tertiary/aromatic N) is 1. The van der Waals surface area contributed by atoms with Crippen molar-refractivity contribution >= 4 is 38.5 Å². The van der Waals surface area contributed by atoms with Gasteiger partial charge in [0.2, 0.25) is 0 Å². The lowest BCUT2D eigenvalue weighted by Crippen LogP contribution is -2.42. The summed E-state index contributed by atoms with van der Waals surface area (Å²) < 4.78 is 67.3. The van der Waals surface area contributed by atoms with Crippen molar-refractivity contribution in [1.29, 1.82) is 0 Å². The van der Waals surface area contributed by atoms with Crippen LogP contribution in [0.4, 0.5) is 34.6 Å². The number of benzene rings is 2. The number of hydrogen-bond acceptors (Lipinski definition) is 8. The number of rotatable bonds is 13. The molecule has 1 fully saturated rings. The third-order valence-corrected chi connectivity index (χ3v) is 8.62. The quantitative estimate of drug-likeness (QED) is 0.0994. The average Bonchev–Trinajstić information content (AvgIpc) is 3.32. The number of methoxy groups -OCH3 is 1. The van der Waals surface area contributed by atoms with Gasteiger partial charge in [0.15, 0.2) is 0 Å². The number of anilines is 3. The van der Waals surface area contributed by atoms with Crippen LogP contribution in [-0.2, 0) is 11.2 Å². The fourth-order valence-corrected chi connectivity index (χ4v) is 6.35. The highest BCUT2D eigenvalue weighted by molar-refractivity contribution is 7.20. The molecule has 2 aromatic carbocycles. The minimum absolute atomic E-state index is 0.0444. The van der Waals surface area contributed by atoms with Crippen molar-refractivity contribution < 1.29 is 32.1 Å². The predicted octanol–water partition coefficient (Wildman–Crippen LogP) is 6.32. The van der Waals surface area contributed by atoms with Crippen LogP contribution >= 0.6 is 11.3 Å². The monoisotopic (exact) mass is 636 g/mol. The van der Waals surface area contributed by atoms with Gasteiger partial charge in [-0.2, -0.15) is 13.2 Å². The van der Waals surface area contributed by atoms with Gasteiger partial charge in [-0.05, 0) is 43.7 Å². The summed E-state index contributed by atoms with van der Waals surface area (Å²) in [5.74, 6) is 5.66. The molecule has 1 aliphatic heterocycles. The molecule has 0 amide bonds. The first-order chi connectivity index (χ1) is 21.1. The van der Waals surface area contributed by atoms with E-state index in [1.807, 2.05) is 6.07 Å². The van der Waals surface area contributed by atoms with Gasteiger partial charge in [-0.25, -0.2) is 4.39 Å². The third kappa shape index (κ3) is 9.14. The number of nitrogens with one attached hydrogen (secondary N) is 3. The summed E-state index contributed by atoms with van der Waals surface area (Å²) in [7, 11) is 1.54. The van der Waals surface area contributed by atoms with Crippen LogP contribution in [0.15, 0.2) is 30.3 Å². The van der Waals surface area contributed by atoms with Crippen molar-refractivity contribution in [1.82, 2.24) is 4.90 Å². The molecule has 1 aromatic heterocycles. The van der Waals surface area contributed by atoms with Crippen molar-refractivity contribution in [3.05, 3.63) is 46.6 Å². The molecule has 44 heavy (non-hydrogen) atoms. The Balaban J connectivity index is 1.56. The SMILES string of the molecule is COCCOc1cc(NCCO)c(F)cc1NCC#Cc1sc2c(NC3CCN(C(C)C)CC3)cccc2c1CC(F)(F)F. The standard InChI is InChI=1S/C32H40F4N4O3S/c1-21(2)40-13-9-22(10-14-40)39-26-7-4-6-23-24(20-32(34,35)36)30(44-31(23)26)8-5-11-37-28-18-25(33)27(38-12-15-41)19-29(28)43-17-16-42-3/h4,6-7,18-19,21-22,37-39,41H,9-17,20H2,1-3H3. The van der Waals surface area contributed by atoms with Crippen LogP contribution in [0.25, 0.3) is 10.1 Å². The first kappa shape index (κ1) is 33.6. The van der Waals surface area contributed by atoms with E-state index in [0.717, 1.165) is 36.3 Å². The molecule has 0 radical (unpaired) electrons. The van der Waals surface area contributed by atoms with Crippen LogP contribution < -0.4 is 20.7 Å². The van der Waals surface area contributed by atoms with Crippen LogP contribution in [-0.4, -0.2) is 81.4 Å². The molecule has 4 rings (SSSR count).